The number of benzene rings is 1. The quantitative estimate of drug-likeness (QED) is 0.583. The molecule has 0 fully saturated rings. The van der Waals surface area contributed by atoms with E-state index in [1.807, 2.05) is 0 Å². The van der Waals surface area contributed by atoms with Gasteiger partial charge in [-0.2, -0.15) is 13.2 Å². The van der Waals surface area contributed by atoms with Crippen LogP contribution in [0.1, 0.15) is 12.0 Å². The fraction of sp³-hybridized carbons (Fsp3) is 0.500. The molecule has 0 aliphatic heterocycles. The molecule has 2 nitrogen and oxygen atoms in total. The first-order valence-electron chi connectivity index (χ1n) is 5.38. The molecule has 0 saturated carbocycles. The summed E-state index contributed by atoms with van der Waals surface area (Å²) in [6.07, 6.45) is -4.55. The smallest absolute Gasteiger partial charge is 0.393 e. The largest absolute Gasteiger partial charge is 0.493 e. The Morgan fingerprint density at radius 1 is 1.22 bits per heavy atom. The monoisotopic (exact) mass is 282 g/mol. The van der Waals surface area contributed by atoms with E-state index >= 15 is 0 Å². The summed E-state index contributed by atoms with van der Waals surface area (Å²) in [5.74, 6) is 1.19. The molecule has 0 aliphatic rings. The van der Waals surface area contributed by atoms with Gasteiger partial charge >= 0.3 is 6.18 Å². The summed E-state index contributed by atoms with van der Waals surface area (Å²) in [6, 6.07) is 4.20. The van der Waals surface area contributed by atoms with E-state index in [0.29, 0.717) is 30.4 Å². The number of hydrogen-bond acceptors (Lipinski definition) is 2. The number of alkyl halides is 4. The fourth-order valence-electron chi connectivity index (χ4n) is 1.41. The Hall–Kier alpha value is -1.10. The predicted molar refractivity (Wildman–Crippen MR) is 63.6 cm³/mol. The third kappa shape index (κ3) is 5.04. The first-order chi connectivity index (χ1) is 8.46. The highest BCUT2D eigenvalue weighted by Crippen LogP contribution is 2.31. The second-order valence-electron chi connectivity index (χ2n) is 3.67. The molecule has 0 N–H and O–H groups in total. The van der Waals surface area contributed by atoms with Gasteiger partial charge in [-0.15, -0.1) is 11.6 Å². The van der Waals surface area contributed by atoms with Gasteiger partial charge in [-0.1, -0.05) is 6.07 Å². The van der Waals surface area contributed by atoms with Crippen molar-refractivity contribution in [1.82, 2.24) is 0 Å². The van der Waals surface area contributed by atoms with E-state index in [1.165, 1.54) is 25.3 Å². The second-order valence-corrected chi connectivity index (χ2v) is 4.05. The molecule has 6 heteroatoms. The van der Waals surface area contributed by atoms with Crippen molar-refractivity contribution in [3.8, 4) is 11.5 Å². The maximum absolute atomic E-state index is 12.2. The van der Waals surface area contributed by atoms with Gasteiger partial charge in [-0.05, 0) is 24.1 Å². The summed E-state index contributed by atoms with van der Waals surface area (Å²) in [5, 5.41) is 0. The summed E-state index contributed by atoms with van der Waals surface area (Å²) in [4.78, 5) is 0. The van der Waals surface area contributed by atoms with Crippen LogP contribution in [-0.2, 0) is 6.42 Å². The van der Waals surface area contributed by atoms with E-state index in [2.05, 4.69) is 0 Å². The summed E-state index contributed by atoms with van der Waals surface area (Å²) in [7, 11) is 1.39. The summed E-state index contributed by atoms with van der Waals surface area (Å²) in [5.41, 5.74) is 0.143. The minimum Gasteiger partial charge on any atom is -0.493 e. The minimum atomic E-state index is -4.23. The highest BCUT2D eigenvalue weighted by molar-refractivity contribution is 6.17. The number of hydrogen-bond donors (Lipinski definition) is 0. The standard InChI is InChI=1S/C12H14ClF3O2/c1-17-11-7-9(8-12(14,15)16)3-4-10(11)18-6-2-5-13/h3-4,7H,2,5-6,8H2,1H3. The number of methoxy groups -OCH3 is 1. The fourth-order valence-corrected chi connectivity index (χ4v) is 1.52. The average molecular weight is 283 g/mol. The highest BCUT2D eigenvalue weighted by atomic mass is 35.5. The molecule has 18 heavy (non-hydrogen) atoms. The lowest BCUT2D eigenvalue weighted by Crippen LogP contribution is -2.11. The molecule has 1 rings (SSSR count). The van der Waals surface area contributed by atoms with Crippen molar-refractivity contribution in [2.45, 2.75) is 19.0 Å². The zero-order valence-electron chi connectivity index (χ0n) is 9.89. The van der Waals surface area contributed by atoms with Gasteiger partial charge in [0.05, 0.1) is 20.1 Å². The van der Waals surface area contributed by atoms with Crippen LogP contribution in [0.5, 0.6) is 11.5 Å². The average Bonchev–Trinajstić information content (AvgIpc) is 2.29. The van der Waals surface area contributed by atoms with Gasteiger partial charge in [0.15, 0.2) is 11.5 Å². The Kier molecular flexibility index (Phi) is 5.59. The maximum Gasteiger partial charge on any atom is 0.393 e. The van der Waals surface area contributed by atoms with Crippen molar-refractivity contribution in [1.29, 1.82) is 0 Å². The van der Waals surface area contributed by atoms with E-state index < -0.39 is 12.6 Å². The summed E-state index contributed by atoms with van der Waals surface area (Å²) >= 11 is 5.50. The van der Waals surface area contributed by atoms with Crippen molar-refractivity contribution >= 4 is 11.6 Å². The molecule has 0 saturated heterocycles. The van der Waals surface area contributed by atoms with Gasteiger partial charge < -0.3 is 9.47 Å². The Balaban J connectivity index is 2.76. The zero-order chi connectivity index (χ0) is 13.6. The van der Waals surface area contributed by atoms with E-state index in [1.54, 1.807) is 0 Å². The predicted octanol–water partition coefficient (Wildman–Crippen LogP) is 3.81. The van der Waals surface area contributed by atoms with Gasteiger partial charge in [-0.3, -0.25) is 0 Å². The van der Waals surface area contributed by atoms with E-state index in [-0.39, 0.29) is 5.56 Å². The number of halogens is 4. The van der Waals surface area contributed by atoms with Crippen LogP contribution in [0.15, 0.2) is 18.2 Å². The van der Waals surface area contributed by atoms with Gasteiger partial charge in [0.2, 0.25) is 0 Å². The van der Waals surface area contributed by atoms with E-state index in [9.17, 15) is 13.2 Å². The van der Waals surface area contributed by atoms with Crippen LogP contribution in [0.3, 0.4) is 0 Å². The van der Waals surface area contributed by atoms with Crippen LogP contribution in [0.4, 0.5) is 13.2 Å². The molecule has 0 atom stereocenters. The molecule has 0 radical (unpaired) electrons. The molecule has 0 unspecified atom stereocenters. The first kappa shape index (κ1) is 15.0. The normalized spacial score (nSPS) is 11.4. The lowest BCUT2D eigenvalue weighted by molar-refractivity contribution is -0.127. The molecule has 0 amide bonds. The van der Waals surface area contributed by atoms with Crippen molar-refractivity contribution in [3.63, 3.8) is 0 Å². The molecule has 0 spiro atoms. The lowest BCUT2D eigenvalue weighted by Gasteiger charge is -2.12. The zero-order valence-corrected chi connectivity index (χ0v) is 10.6. The molecule has 102 valence electrons. The number of rotatable bonds is 6. The van der Waals surface area contributed by atoms with E-state index in [4.69, 9.17) is 21.1 Å². The van der Waals surface area contributed by atoms with Crippen LogP contribution < -0.4 is 9.47 Å². The van der Waals surface area contributed by atoms with Crippen molar-refractivity contribution in [3.05, 3.63) is 23.8 Å². The Bertz CT molecular complexity index is 380. The summed E-state index contributed by atoms with van der Waals surface area (Å²) < 4.78 is 47.1. The van der Waals surface area contributed by atoms with Crippen molar-refractivity contribution in [2.24, 2.45) is 0 Å². The van der Waals surface area contributed by atoms with Crippen molar-refractivity contribution < 1.29 is 22.6 Å². The molecule has 1 aromatic rings. The summed E-state index contributed by atoms with van der Waals surface area (Å²) in [6.45, 7) is 0.401. The molecule has 0 aliphatic carbocycles. The molecule has 0 heterocycles. The molecule has 0 aromatic heterocycles. The molecule has 1 aromatic carbocycles. The Morgan fingerprint density at radius 3 is 2.50 bits per heavy atom. The third-order valence-electron chi connectivity index (χ3n) is 2.17. The SMILES string of the molecule is COc1cc(CC(F)(F)F)ccc1OCCCCl. The van der Waals surface area contributed by atoms with Gasteiger partial charge in [-0.25, -0.2) is 0 Å². The molecular formula is C12H14ClF3O2. The molecular weight excluding hydrogens is 269 g/mol. The highest BCUT2D eigenvalue weighted by Gasteiger charge is 2.28. The minimum absolute atomic E-state index is 0.143. The third-order valence-corrected chi connectivity index (χ3v) is 2.44. The van der Waals surface area contributed by atoms with Gasteiger partial charge in [0.25, 0.3) is 0 Å². The van der Waals surface area contributed by atoms with Crippen LogP contribution in [-0.4, -0.2) is 25.8 Å². The van der Waals surface area contributed by atoms with Crippen LogP contribution in [0.2, 0.25) is 0 Å². The second kappa shape index (κ2) is 6.73. The van der Waals surface area contributed by atoms with Crippen LogP contribution in [0, 0.1) is 0 Å². The first-order valence-corrected chi connectivity index (χ1v) is 5.92. The van der Waals surface area contributed by atoms with Gasteiger partial charge in [0.1, 0.15) is 0 Å². The molecule has 0 bridgehead atoms. The Morgan fingerprint density at radius 2 is 1.94 bits per heavy atom. The van der Waals surface area contributed by atoms with Crippen LogP contribution in [0.25, 0.3) is 0 Å². The maximum atomic E-state index is 12.2. The lowest BCUT2D eigenvalue weighted by atomic mass is 10.1. The van der Waals surface area contributed by atoms with Crippen LogP contribution >= 0.6 is 11.6 Å². The van der Waals surface area contributed by atoms with Gasteiger partial charge in [0, 0.05) is 5.88 Å². The van der Waals surface area contributed by atoms with E-state index in [0.717, 1.165) is 0 Å². The van der Waals surface area contributed by atoms with Crippen molar-refractivity contribution in [2.75, 3.05) is 19.6 Å². The Labute approximate surface area is 109 Å². The topological polar surface area (TPSA) is 18.5 Å². The number of ether oxygens (including phenoxy) is 2.